The fraction of sp³-hybridized carbons (Fsp3) is 0.0575. The second-order valence-electron chi connectivity index (χ2n) is 24.2. The van der Waals surface area contributed by atoms with E-state index in [1.807, 2.05) is 30.3 Å². The highest BCUT2D eigenvalue weighted by Crippen LogP contribution is 2.61. The minimum Gasteiger partial charge on any atom is -0.115 e. The standard InChI is InChI=1S/C87H54/c1-8-53-28-21-33-71(68(53)10-3)73-40-38-60(49-75(73)72-34-22-29-54(9-2)69(72)11-4)65-46-66(64-44-62(55-23-14-12-15-24-55)43-63(45-64)56-25-16-13-17-26-56)48-67(47-65)87(7)78-42-39-57-27-18-19-32-70(57)84(78)77-51-79-76(52-80(77)87)85-74-41-37-59-31-20-30-58-35-36-61(83(74)82(58)59)50-81(85)86(79,5)6/h1-4,12-52H,5-7H3. The number of fused-ring (bicyclic) bond motifs is 9. The van der Waals surface area contributed by atoms with E-state index in [0.29, 0.717) is 22.3 Å². The van der Waals surface area contributed by atoms with Crippen LogP contribution in [0.4, 0.5) is 0 Å². The van der Waals surface area contributed by atoms with Gasteiger partial charge in [-0.05, 0) is 240 Å². The van der Waals surface area contributed by atoms with E-state index in [1.165, 1.54) is 93.2 Å². The van der Waals surface area contributed by atoms with Crippen molar-refractivity contribution in [2.45, 2.75) is 31.6 Å². The molecule has 0 radical (unpaired) electrons. The first-order chi connectivity index (χ1) is 42.6. The Hall–Kier alpha value is -11.4. The van der Waals surface area contributed by atoms with Gasteiger partial charge in [-0.2, -0.15) is 0 Å². The zero-order chi connectivity index (χ0) is 58.9. The Bertz CT molecular complexity index is 5390. The molecule has 0 fully saturated rings. The van der Waals surface area contributed by atoms with Gasteiger partial charge in [-0.25, -0.2) is 0 Å². The second kappa shape index (κ2) is 19.3. The highest BCUT2D eigenvalue weighted by molar-refractivity contribution is 6.27. The van der Waals surface area contributed by atoms with Crippen LogP contribution < -0.4 is 0 Å². The molecule has 0 aromatic heterocycles. The highest BCUT2D eigenvalue weighted by Gasteiger charge is 2.46. The minimum absolute atomic E-state index is 0.285. The molecule has 14 aromatic carbocycles. The Labute approximate surface area is 508 Å². The van der Waals surface area contributed by atoms with Crippen LogP contribution in [0.3, 0.4) is 0 Å². The van der Waals surface area contributed by atoms with E-state index in [9.17, 15) is 0 Å². The molecule has 2 aliphatic rings. The number of terminal acetylenes is 4. The molecule has 1 atom stereocenters. The van der Waals surface area contributed by atoms with Crippen molar-refractivity contribution in [3.63, 3.8) is 0 Å². The van der Waals surface area contributed by atoms with E-state index in [0.717, 1.165) is 66.8 Å². The van der Waals surface area contributed by atoms with Gasteiger partial charge in [-0.1, -0.05) is 213 Å². The van der Waals surface area contributed by atoms with E-state index < -0.39 is 5.41 Å². The zero-order valence-electron chi connectivity index (χ0n) is 48.5. The van der Waals surface area contributed by atoms with Crippen molar-refractivity contribution in [3.05, 3.63) is 299 Å². The largest absolute Gasteiger partial charge is 0.115 e. The molecular formula is C87H54. The molecule has 16 rings (SSSR count). The predicted octanol–water partition coefficient (Wildman–Crippen LogP) is 21.3. The molecule has 0 heterocycles. The van der Waals surface area contributed by atoms with Gasteiger partial charge in [0.1, 0.15) is 0 Å². The molecule has 0 N–H and O–H groups in total. The van der Waals surface area contributed by atoms with Gasteiger partial charge in [-0.15, -0.1) is 25.7 Å². The number of hydrogen-bond donors (Lipinski definition) is 0. The molecule has 14 aromatic rings. The average molecular weight is 1100 g/mol. The lowest BCUT2D eigenvalue weighted by Crippen LogP contribution is -2.23. The minimum atomic E-state index is -0.664. The maximum Gasteiger partial charge on any atom is 0.0477 e. The summed E-state index contributed by atoms with van der Waals surface area (Å²) in [7, 11) is 0. The van der Waals surface area contributed by atoms with Gasteiger partial charge >= 0.3 is 0 Å². The smallest absolute Gasteiger partial charge is 0.0477 e. The molecule has 0 heteroatoms. The quantitative estimate of drug-likeness (QED) is 0.110. The molecule has 1 unspecified atom stereocenters. The Morgan fingerprint density at radius 2 is 0.782 bits per heavy atom. The fourth-order valence-electron chi connectivity index (χ4n) is 15.0. The maximum atomic E-state index is 6.45. The summed E-state index contributed by atoms with van der Waals surface area (Å²) < 4.78 is 0. The SMILES string of the molecule is C#Cc1cccc(-c2ccc(-c3cc(-c4cc(-c5ccccc5)cc(-c5ccccc5)c4)cc(C4(C)c5cc6c(cc5-c5c4ccc4ccccc54)C(C)(C)c4cc5ccc7cccc8ccc(c4-6)c5c78)c3)cc2-c2cccc(C#C)c2C#C)c1C#C. The Kier molecular flexibility index (Phi) is 11.4. The first-order valence-corrected chi connectivity index (χ1v) is 29.7. The average Bonchev–Trinajstić information content (AvgIpc) is 1.59. The summed E-state index contributed by atoms with van der Waals surface area (Å²) in [4.78, 5) is 0. The van der Waals surface area contributed by atoms with Crippen LogP contribution in [0, 0.1) is 49.4 Å². The summed E-state index contributed by atoms with van der Waals surface area (Å²) in [5.41, 5.74) is 25.5. The second-order valence-corrected chi connectivity index (χ2v) is 24.2. The van der Waals surface area contributed by atoms with E-state index >= 15 is 0 Å². The maximum absolute atomic E-state index is 6.45. The van der Waals surface area contributed by atoms with Crippen molar-refractivity contribution in [2.75, 3.05) is 0 Å². The zero-order valence-corrected chi connectivity index (χ0v) is 48.5. The Balaban J connectivity index is 1.01. The number of hydrogen-bond acceptors (Lipinski definition) is 0. The van der Waals surface area contributed by atoms with Crippen molar-refractivity contribution in [3.8, 4) is 138 Å². The predicted molar refractivity (Wildman–Crippen MR) is 367 cm³/mol. The summed E-state index contributed by atoms with van der Waals surface area (Å²) in [6.07, 6.45) is 25.1. The summed E-state index contributed by atoms with van der Waals surface area (Å²) in [6, 6.07) is 91.6. The van der Waals surface area contributed by atoms with E-state index in [-0.39, 0.29) is 5.41 Å². The molecule has 0 saturated heterocycles. The van der Waals surface area contributed by atoms with Crippen LogP contribution in [0.25, 0.3) is 132 Å². The van der Waals surface area contributed by atoms with Crippen LogP contribution in [0.2, 0.25) is 0 Å². The molecule has 0 spiro atoms. The summed E-state index contributed by atoms with van der Waals surface area (Å²) in [5, 5.41) is 10.2. The topological polar surface area (TPSA) is 0 Å². The normalized spacial score (nSPS) is 14.2. The van der Waals surface area contributed by atoms with Crippen LogP contribution in [0.15, 0.2) is 249 Å². The van der Waals surface area contributed by atoms with Crippen LogP contribution in [-0.4, -0.2) is 0 Å². The molecule has 2 aliphatic carbocycles. The van der Waals surface area contributed by atoms with Crippen molar-refractivity contribution in [2.24, 2.45) is 0 Å². The highest BCUT2D eigenvalue weighted by atomic mass is 14.5. The van der Waals surface area contributed by atoms with Gasteiger partial charge in [0.05, 0.1) is 0 Å². The first kappa shape index (κ1) is 51.3. The molecular weight excluding hydrogens is 1040 g/mol. The monoisotopic (exact) mass is 1100 g/mol. The van der Waals surface area contributed by atoms with Crippen LogP contribution in [0.5, 0.6) is 0 Å². The molecule has 402 valence electrons. The number of rotatable bonds is 7. The van der Waals surface area contributed by atoms with Gasteiger partial charge in [-0.3, -0.25) is 0 Å². The lowest BCUT2D eigenvalue weighted by molar-refractivity contribution is 0.660. The first-order valence-electron chi connectivity index (χ1n) is 29.7. The summed E-state index contributed by atoms with van der Waals surface area (Å²) in [6.45, 7) is 7.33. The summed E-state index contributed by atoms with van der Waals surface area (Å²) >= 11 is 0. The Morgan fingerprint density at radius 1 is 0.276 bits per heavy atom. The molecule has 0 nitrogen and oxygen atoms in total. The van der Waals surface area contributed by atoms with Crippen LogP contribution in [-0.2, 0) is 10.8 Å². The number of benzene rings is 14. The lowest BCUT2D eigenvalue weighted by Gasteiger charge is -2.30. The lowest BCUT2D eigenvalue weighted by atomic mass is 9.72. The fourth-order valence-corrected chi connectivity index (χ4v) is 15.0. The third-order valence-corrected chi connectivity index (χ3v) is 19.3. The van der Waals surface area contributed by atoms with E-state index in [1.54, 1.807) is 0 Å². The van der Waals surface area contributed by atoms with Crippen LogP contribution in [0.1, 0.15) is 70.8 Å². The van der Waals surface area contributed by atoms with Crippen molar-refractivity contribution >= 4 is 43.1 Å². The van der Waals surface area contributed by atoms with Crippen molar-refractivity contribution < 1.29 is 0 Å². The molecule has 0 aliphatic heterocycles. The van der Waals surface area contributed by atoms with E-state index in [2.05, 4.69) is 263 Å². The summed E-state index contributed by atoms with van der Waals surface area (Å²) in [5.74, 6) is 11.7. The molecule has 0 saturated carbocycles. The van der Waals surface area contributed by atoms with Crippen molar-refractivity contribution in [1.29, 1.82) is 0 Å². The molecule has 0 amide bonds. The van der Waals surface area contributed by atoms with E-state index in [4.69, 9.17) is 25.7 Å². The van der Waals surface area contributed by atoms with Crippen LogP contribution >= 0.6 is 0 Å². The van der Waals surface area contributed by atoms with Gasteiger partial charge in [0.2, 0.25) is 0 Å². The Morgan fingerprint density at radius 3 is 1.43 bits per heavy atom. The molecule has 0 bridgehead atoms. The van der Waals surface area contributed by atoms with Gasteiger partial charge < -0.3 is 0 Å². The van der Waals surface area contributed by atoms with Gasteiger partial charge in [0, 0.05) is 33.1 Å². The van der Waals surface area contributed by atoms with Gasteiger partial charge in [0.15, 0.2) is 0 Å². The van der Waals surface area contributed by atoms with Crippen molar-refractivity contribution in [1.82, 2.24) is 0 Å². The third kappa shape index (κ3) is 7.60. The van der Waals surface area contributed by atoms with Gasteiger partial charge in [0.25, 0.3) is 0 Å². The third-order valence-electron chi connectivity index (χ3n) is 19.3. The molecule has 87 heavy (non-hydrogen) atoms.